The molecular formula is C15H23N3O3. The van der Waals surface area contributed by atoms with Gasteiger partial charge in [0.15, 0.2) is 5.76 Å². The third-order valence-corrected chi connectivity index (χ3v) is 4.26. The van der Waals surface area contributed by atoms with Crippen LogP contribution < -0.4 is 5.32 Å². The monoisotopic (exact) mass is 293 g/mol. The van der Waals surface area contributed by atoms with Gasteiger partial charge in [0.1, 0.15) is 11.4 Å². The highest BCUT2D eigenvalue weighted by Gasteiger charge is 2.27. The lowest BCUT2D eigenvalue weighted by Crippen LogP contribution is -2.43. The first-order chi connectivity index (χ1) is 10.1. The minimum Gasteiger partial charge on any atom is -0.378 e. The van der Waals surface area contributed by atoms with E-state index in [1.54, 1.807) is 6.92 Å². The van der Waals surface area contributed by atoms with Gasteiger partial charge in [-0.05, 0) is 45.4 Å². The normalized spacial score (nSPS) is 19.8. The number of amides is 2. The molecule has 116 valence electrons. The molecule has 1 aromatic heterocycles. The molecule has 1 aromatic rings. The first kappa shape index (κ1) is 14.4. The van der Waals surface area contributed by atoms with Crippen LogP contribution in [0.15, 0.2) is 4.52 Å². The van der Waals surface area contributed by atoms with E-state index in [0.717, 1.165) is 38.5 Å². The third-order valence-electron chi connectivity index (χ3n) is 4.26. The van der Waals surface area contributed by atoms with Gasteiger partial charge in [0.2, 0.25) is 0 Å². The number of carbonyl (C=O) groups is 1. The SMILES string of the molecule is Cc1noc(C)c1NC(=O)N1CCC(OCC2CC2)CC1. The molecule has 1 saturated heterocycles. The maximum absolute atomic E-state index is 12.3. The van der Waals surface area contributed by atoms with E-state index in [1.165, 1.54) is 12.8 Å². The Hall–Kier alpha value is -1.56. The standard InChI is InChI=1S/C15H23N3O3/c1-10-14(11(2)21-17-10)16-15(19)18-7-5-13(6-8-18)20-9-12-3-4-12/h12-13H,3-9H2,1-2H3,(H,16,19). The van der Waals surface area contributed by atoms with Gasteiger partial charge in [0.05, 0.1) is 6.10 Å². The van der Waals surface area contributed by atoms with Crippen LogP contribution in [0.1, 0.15) is 37.1 Å². The van der Waals surface area contributed by atoms with E-state index < -0.39 is 0 Å². The van der Waals surface area contributed by atoms with Crippen LogP contribution in [0, 0.1) is 19.8 Å². The lowest BCUT2D eigenvalue weighted by Gasteiger charge is -2.32. The van der Waals surface area contributed by atoms with Gasteiger partial charge in [-0.15, -0.1) is 0 Å². The maximum atomic E-state index is 12.3. The summed E-state index contributed by atoms with van der Waals surface area (Å²) in [6, 6.07) is -0.0787. The molecule has 1 N–H and O–H groups in total. The zero-order valence-corrected chi connectivity index (χ0v) is 12.7. The topological polar surface area (TPSA) is 67.6 Å². The summed E-state index contributed by atoms with van der Waals surface area (Å²) in [4.78, 5) is 14.1. The van der Waals surface area contributed by atoms with Crippen LogP contribution >= 0.6 is 0 Å². The molecule has 0 bridgehead atoms. The van der Waals surface area contributed by atoms with E-state index in [4.69, 9.17) is 9.26 Å². The van der Waals surface area contributed by atoms with Crippen molar-refractivity contribution in [1.82, 2.24) is 10.1 Å². The summed E-state index contributed by atoms with van der Waals surface area (Å²) in [5.41, 5.74) is 1.40. The Bertz CT molecular complexity index is 483. The van der Waals surface area contributed by atoms with Crippen molar-refractivity contribution >= 4 is 11.7 Å². The molecule has 3 rings (SSSR count). The van der Waals surface area contributed by atoms with Gasteiger partial charge in [-0.25, -0.2) is 4.79 Å². The molecule has 0 spiro atoms. The van der Waals surface area contributed by atoms with Gasteiger partial charge < -0.3 is 19.5 Å². The van der Waals surface area contributed by atoms with E-state index in [-0.39, 0.29) is 6.03 Å². The zero-order chi connectivity index (χ0) is 14.8. The number of aromatic nitrogens is 1. The van der Waals surface area contributed by atoms with Crippen molar-refractivity contribution in [1.29, 1.82) is 0 Å². The van der Waals surface area contributed by atoms with E-state index in [0.29, 0.717) is 23.2 Å². The molecule has 6 heteroatoms. The number of rotatable bonds is 4. The first-order valence-corrected chi connectivity index (χ1v) is 7.74. The second kappa shape index (κ2) is 6.05. The largest absolute Gasteiger partial charge is 0.378 e. The minimum absolute atomic E-state index is 0.0787. The number of carbonyl (C=O) groups excluding carboxylic acids is 1. The van der Waals surface area contributed by atoms with Crippen LogP contribution in [-0.4, -0.2) is 41.9 Å². The second-order valence-corrected chi connectivity index (χ2v) is 6.09. The number of ether oxygens (including phenoxy) is 1. The predicted octanol–water partition coefficient (Wildman–Crippen LogP) is 2.71. The fraction of sp³-hybridized carbons (Fsp3) is 0.733. The molecule has 21 heavy (non-hydrogen) atoms. The van der Waals surface area contributed by atoms with Crippen molar-refractivity contribution in [2.45, 2.75) is 45.6 Å². The Balaban J connectivity index is 1.46. The van der Waals surface area contributed by atoms with E-state index >= 15 is 0 Å². The molecule has 6 nitrogen and oxygen atoms in total. The summed E-state index contributed by atoms with van der Waals surface area (Å²) in [6.07, 6.45) is 4.79. The van der Waals surface area contributed by atoms with Crippen LogP contribution in [0.3, 0.4) is 0 Å². The Morgan fingerprint density at radius 2 is 2.05 bits per heavy atom. The van der Waals surface area contributed by atoms with Crippen molar-refractivity contribution < 1.29 is 14.1 Å². The number of hydrogen-bond acceptors (Lipinski definition) is 4. The van der Waals surface area contributed by atoms with Crippen molar-refractivity contribution in [3.05, 3.63) is 11.5 Å². The van der Waals surface area contributed by atoms with Crippen LogP contribution in [0.5, 0.6) is 0 Å². The molecule has 0 atom stereocenters. The molecule has 1 aliphatic carbocycles. The maximum Gasteiger partial charge on any atom is 0.321 e. The third kappa shape index (κ3) is 3.56. The number of hydrogen-bond donors (Lipinski definition) is 1. The summed E-state index contributed by atoms with van der Waals surface area (Å²) in [5, 5.41) is 6.74. The van der Waals surface area contributed by atoms with Gasteiger partial charge >= 0.3 is 6.03 Å². The number of nitrogens with zero attached hydrogens (tertiary/aromatic N) is 2. The van der Waals surface area contributed by atoms with Gasteiger partial charge in [0.25, 0.3) is 0 Å². The van der Waals surface area contributed by atoms with E-state index in [9.17, 15) is 4.79 Å². The fourth-order valence-electron chi connectivity index (χ4n) is 2.63. The highest BCUT2D eigenvalue weighted by molar-refractivity contribution is 5.90. The molecular weight excluding hydrogens is 270 g/mol. The minimum atomic E-state index is -0.0787. The summed E-state index contributed by atoms with van der Waals surface area (Å²) in [5.74, 6) is 1.44. The number of likely N-dealkylation sites (tertiary alicyclic amines) is 1. The molecule has 1 aliphatic heterocycles. The molecule has 0 aromatic carbocycles. The Morgan fingerprint density at radius 3 is 2.62 bits per heavy atom. The average molecular weight is 293 g/mol. The first-order valence-electron chi connectivity index (χ1n) is 7.74. The van der Waals surface area contributed by atoms with Crippen molar-refractivity contribution in [2.24, 2.45) is 5.92 Å². The summed E-state index contributed by atoms with van der Waals surface area (Å²) >= 11 is 0. The van der Waals surface area contributed by atoms with Crippen molar-refractivity contribution in [3.8, 4) is 0 Å². The summed E-state index contributed by atoms with van der Waals surface area (Å²) in [6.45, 7) is 6.00. The Kier molecular flexibility index (Phi) is 4.14. The molecule has 2 heterocycles. The molecule has 2 fully saturated rings. The van der Waals surface area contributed by atoms with Crippen LogP contribution in [0.25, 0.3) is 0 Å². The average Bonchev–Trinajstić information content (AvgIpc) is 3.27. The zero-order valence-electron chi connectivity index (χ0n) is 12.7. The van der Waals surface area contributed by atoms with Gasteiger partial charge in [-0.2, -0.15) is 0 Å². The summed E-state index contributed by atoms with van der Waals surface area (Å²) < 4.78 is 11.0. The van der Waals surface area contributed by atoms with Crippen LogP contribution in [0.2, 0.25) is 0 Å². The van der Waals surface area contributed by atoms with Gasteiger partial charge in [-0.1, -0.05) is 5.16 Å². The van der Waals surface area contributed by atoms with E-state index in [2.05, 4.69) is 10.5 Å². The Morgan fingerprint density at radius 1 is 1.33 bits per heavy atom. The van der Waals surface area contributed by atoms with Crippen LogP contribution in [0.4, 0.5) is 10.5 Å². The number of aryl methyl sites for hydroxylation is 2. The number of nitrogens with one attached hydrogen (secondary N) is 1. The van der Waals surface area contributed by atoms with Crippen LogP contribution in [-0.2, 0) is 4.74 Å². The lowest BCUT2D eigenvalue weighted by molar-refractivity contribution is 0.0105. The van der Waals surface area contributed by atoms with Gasteiger partial charge in [-0.3, -0.25) is 0 Å². The smallest absolute Gasteiger partial charge is 0.321 e. The molecule has 2 aliphatic rings. The second-order valence-electron chi connectivity index (χ2n) is 6.09. The quantitative estimate of drug-likeness (QED) is 0.927. The van der Waals surface area contributed by atoms with E-state index in [1.807, 2.05) is 11.8 Å². The molecule has 1 saturated carbocycles. The Labute approximate surface area is 124 Å². The molecule has 0 radical (unpaired) electrons. The van der Waals surface area contributed by atoms with Crippen molar-refractivity contribution in [2.75, 3.05) is 25.0 Å². The fourth-order valence-corrected chi connectivity index (χ4v) is 2.63. The lowest BCUT2D eigenvalue weighted by atomic mass is 10.1. The molecule has 2 amide bonds. The highest BCUT2D eigenvalue weighted by atomic mass is 16.5. The summed E-state index contributed by atoms with van der Waals surface area (Å²) in [7, 11) is 0. The highest BCUT2D eigenvalue weighted by Crippen LogP contribution is 2.30. The number of urea groups is 1. The number of piperidine rings is 1. The predicted molar refractivity (Wildman–Crippen MR) is 78.3 cm³/mol. The number of anilines is 1. The van der Waals surface area contributed by atoms with Gasteiger partial charge in [0, 0.05) is 19.7 Å². The van der Waals surface area contributed by atoms with Crippen molar-refractivity contribution in [3.63, 3.8) is 0 Å². The molecule has 0 unspecified atom stereocenters.